The van der Waals surface area contributed by atoms with Crippen molar-refractivity contribution >= 4 is 21.8 Å². The summed E-state index contributed by atoms with van der Waals surface area (Å²) in [7, 11) is -1.80. The Morgan fingerprint density at radius 2 is 1.85 bits per heavy atom. The number of benzene rings is 1. The minimum Gasteiger partial charge on any atom is -0.354 e. The first-order chi connectivity index (χ1) is 12.9. The Morgan fingerprint density at radius 1 is 1.19 bits per heavy atom. The van der Waals surface area contributed by atoms with Crippen LogP contribution in [0.1, 0.15) is 23.2 Å². The van der Waals surface area contributed by atoms with E-state index in [9.17, 15) is 18.0 Å². The van der Waals surface area contributed by atoms with E-state index in [-0.39, 0.29) is 29.8 Å². The molecule has 0 atom stereocenters. The Kier molecular flexibility index (Phi) is 6.13. The van der Waals surface area contributed by atoms with Crippen LogP contribution in [0.15, 0.2) is 29.2 Å². The monoisotopic (exact) mass is 394 g/mol. The lowest BCUT2D eigenvalue weighted by atomic mass is 9.96. The largest absolute Gasteiger partial charge is 0.354 e. The van der Waals surface area contributed by atoms with Gasteiger partial charge >= 0.3 is 0 Å². The molecule has 2 fully saturated rings. The molecular weight excluding hydrogens is 368 g/mol. The van der Waals surface area contributed by atoms with Crippen molar-refractivity contribution < 1.29 is 18.0 Å². The molecule has 0 saturated carbocycles. The highest BCUT2D eigenvalue weighted by molar-refractivity contribution is 7.89. The lowest BCUT2D eigenvalue weighted by Crippen LogP contribution is -2.49. The van der Waals surface area contributed by atoms with Gasteiger partial charge in [-0.25, -0.2) is 8.42 Å². The predicted octanol–water partition coefficient (Wildman–Crippen LogP) is -0.121. The number of carbonyl (C=O) groups is 2. The zero-order chi connectivity index (χ0) is 19.4. The van der Waals surface area contributed by atoms with Gasteiger partial charge in [-0.3, -0.25) is 9.59 Å². The summed E-state index contributed by atoms with van der Waals surface area (Å²) in [6, 6.07) is 6.00. The summed E-state index contributed by atoms with van der Waals surface area (Å²) in [5.41, 5.74) is 0.484. The van der Waals surface area contributed by atoms with E-state index < -0.39 is 10.0 Å². The quantitative estimate of drug-likeness (QED) is 0.725. The van der Waals surface area contributed by atoms with Gasteiger partial charge in [-0.05, 0) is 56.6 Å². The molecule has 2 aliphatic heterocycles. The maximum absolute atomic E-state index is 12.7. The van der Waals surface area contributed by atoms with Crippen LogP contribution in [0.25, 0.3) is 0 Å². The predicted molar refractivity (Wildman–Crippen MR) is 101 cm³/mol. The third-order valence-corrected chi connectivity index (χ3v) is 7.00. The minimum absolute atomic E-state index is 0.0702. The summed E-state index contributed by atoms with van der Waals surface area (Å²) >= 11 is 0. The number of likely N-dealkylation sites (tertiary alicyclic amines) is 1. The molecule has 9 heteroatoms. The fourth-order valence-corrected chi connectivity index (χ4v) is 4.95. The van der Waals surface area contributed by atoms with E-state index in [0.29, 0.717) is 31.1 Å². The molecule has 27 heavy (non-hydrogen) atoms. The summed E-state index contributed by atoms with van der Waals surface area (Å²) in [5.74, 6) is 0.214. The van der Waals surface area contributed by atoms with Gasteiger partial charge in [0.25, 0.3) is 5.91 Å². The molecule has 2 N–H and O–H groups in total. The fraction of sp³-hybridized carbons (Fsp3) is 0.556. The molecule has 3 rings (SSSR count). The topological polar surface area (TPSA) is 98.8 Å². The van der Waals surface area contributed by atoms with Crippen molar-refractivity contribution in [2.24, 2.45) is 5.92 Å². The third-order valence-electron chi connectivity index (χ3n) is 5.14. The zero-order valence-corrected chi connectivity index (χ0v) is 16.3. The number of piperazine rings is 1. The van der Waals surface area contributed by atoms with E-state index in [1.54, 1.807) is 12.1 Å². The van der Waals surface area contributed by atoms with Crippen LogP contribution in [0.5, 0.6) is 0 Å². The average Bonchev–Trinajstić information content (AvgIpc) is 2.68. The Hall–Kier alpha value is -1.97. The van der Waals surface area contributed by atoms with Crippen molar-refractivity contribution in [2.45, 2.75) is 17.7 Å². The number of carbonyl (C=O) groups excluding carboxylic acids is 2. The van der Waals surface area contributed by atoms with E-state index in [1.807, 2.05) is 11.9 Å². The minimum atomic E-state index is -3.74. The fourth-order valence-electron chi connectivity index (χ4n) is 3.55. The highest BCUT2D eigenvalue weighted by Gasteiger charge is 2.29. The Labute approximate surface area is 160 Å². The van der Waals surface area contributed by atoms with Gasteiger partial charge < -0.3 is 15.5 Å². The standard InChI is InChI=1S/C18H26N4O4S/c1-19-12-14-6-9-21(10-7-14)18(24)15-2-4-16(5-3-15)27(25,26)22-11-8-20-17(23)13-22/h2-5,14,19H,6-13H2,1H3,(H,20,23). The molecule has 0 aromatic heterocycles. The molecule has 0 spiro atoms. The Morgan fingerprint density at radius 3 is 2.44 bits per heavy atom. The van der Waals surface area contributed by atoms with Gasteiger partial charge in [-0.1, -0.05) is 0 Å². The maximum atomic E-state index is 12.7. The number of sulfonamides is 1. The molecule has 1 aromatic carbocycles. The van der Waals surface area contributed by atoms with Gasteiger partial charge in [-0.15, -0.1) is 0 Å². The van der Waals surface area contributed by atoms with E-state index in [4.69, 9.17) is 0 Å². The van der Waals surface area contributed by atoms with Gasteiger partial charge in [0.2, 0.25) is 15.9 Å². The number of nitrogens with one attached hydrogen (secondary N) is 2. The first-order valence-electron chi connectivity index (χ1n) is 9.22. The molecule has 0 unspecified atom stereocenters. The molecule has 2 saturated heterocycles. The normalized spacial score (nSPS) is 19.7. The highest BCUT2D eigenvalue weighted by Crippen LogP contribution is 2.21. The molecule has 2 heterocycles. The maximum Gasteiger partial charge on any atom is 0.253 e. The van der Waals surface area contributed by atoms with Gasteiger partial charge in [0.05, 0.1) is 11.4 Å². The lowest BCUT2D eigenvalue weighted by Gasteiger charge is -2.32. The van der Waals surface area contributed by atoms with Crippen LogP contribution < -0.4 is 10.6 Å². The molecule has 0 radical (unpaired) electrons. The van der Waals surface area contributed by atoms with E-state index in [1.165, 1.54) is 12.1 Å². The first-order valence-corrected chi connectivity index (χ1v) is 10.7. The SMILES string of the molecule is CNCC1CCN(C(=O)c2ccc(S(=O)(=O)N3CCNC(=O)C3)cc2)CC1. The van der Waals surface area contributed by atoms with Gasteiger partial charge in [0, 0.05) is 31.7 Å². The molecule has 0 bridgehead atoms. The van der Waals surface area contributed by atoms with Crippen molar-refractivity contribution in [3.8, 4) is 0 Å². The van der Waals surface area contributed by atoms with Crippen LogP contribution in [-0.2, 0) is 14.8 Å². The second-order valence-electron chi connectivity index (χ2n) is 7.01. The van der Waals surface area contributed by atoms with Gasteiger partial charge in [0.15, 0.2) is 0 Å². The van der Waals surface area contributed by atoms with E-state index >= 15 is 0 Å². The van der Waals surface area contributed by atoms with Crippen molar-refractivity contribution in [1.82, 2.24) is 19.8 Å². The van der Waals surface area contributed by atoms with Crippen LogP contribution >= 0.6 is 0 Å². The lowest BCUT2D eigenvalue weighted by molar-refractivity contribution is -0.122. The summed E-state index contributed by atoms with van der Waals surface area (Å²) in [5, 5.41) is 5.78. The van der Waals surface area contributed by atoms with Crippen LogP contribution in [0.2, 0.25) is 0 Å². The van der Waals surface area contributed by atoms with Gasteiger partial charge in [0.1, 0.15) is 0 Å². The van der Waals surface area contributed by atoms with Crippen LogP contribution in [0.3, 0.4) is 0 Å². The zero-order valence-electron chi connectivity index (χ0n) is 15.5. The molecule has 8 nitrogen and oxygen atoms in total. The summed E-state index contributed by atoms with van der Waals surface area (Å²) in [6.45, 7) is 2.77. The number of nitrogens with zero attached hydrogens (tertiary/aromatic N) is 2. The van der Waals surface area contributed by atoms with E-state index in [0.717, 1.165) is 23.7 Å². The van der Waals surface area contributed by atoms with Crippen LogP contribution in [0, 0.1) is 5.92 Å². The molecular formula is C18H26N4O4S. The second-order valence-corrected chi connectivity index (χ2v) is 8.94. The molecule has 2 amide bonds. The average molecular weight is 394 g/mol. The van der Waals surface area contributed by atoms with Crippen molar-refractivity contribution in [2.75, 3.05) is 46.3 Å². The first kappa shape index (κ1) is 19.8. The third kappa shape index (κ3) is 4.48. The smallest absolute Gasteiger partial charge is 0.253 e. The summed E-state index contributed by atoms with van der Waals surface area (Å²) in [4.78, 5) is 26.1. The van der Waals surface area contributed by atoms with Crippen LogP contribution in [-0.4, -0.2) is 75.8 Å². The van der Waals surface area contributed by atoms with E-state index in [2.05, 4.69) is 10.6 Å². The number of hydrogen-bond acceptors (Lipinski definition) is 5. The number of piperidine rings is 1. The van der Waals surface area contributed by atoms with Crippen molar-refractivity contribution in [3.05, 3.63) is 29.8 Å². The summed E-state index contributed by atoms with van der Waals surface area (Å²) in [6.07, 6.45) is 1.94. The number of rotatable bonds is 5. The van der Waals surface area contributed by atoms with Gasteiger partial charge in [-0.2, -0.15) is 4.31 Å². The second kappa shape index (κ2) is 8.37. The highest BCUT2D eigenvalue weighted by atomic mass is 32.2. The van der Waals surface area contributed by atoms with Crippen molar-refractivity contribution in [1.29, 1.82) is 0 Å². The Bertz CT molecular complexity index is 786. The van der Waals surface area contributed by atoms with Crippen LogP contribution in [0.4, 0.5) is 0 Å². The molecule has 148 valence electrons. The molecule has 2 aliphatic rings. The number of amides is 2. The van der Waals surface area contributed by atoms with Crippen molar-refractivity contribution in [3.63, 3.8) is 0 Å². The number of hydrogen-bond donors (Lipinski definition) is 2. The molecule has 1 aromatic rings. The summed E-state index contributed by atoms with van der Waals surface area (Å²) < 4.78 is 26.5. The molecule has 0 aliphatic carbocycles. The Balaban J connectivity index is 1.66.